The molecule has 2 aromatic rings. The van der Waals surface area contributed by atoms with Crippen molar-refractivity contribution in [2.75, 3.05) is 0 Å². The van der Waals surface area contributed by atoms with Gasteiger partial charge in [-0.05, 0) is 49.8 Å². The van der Waals surface area contributed by atoms with Crippen LogP contribution in [0.5, 0.6) is 0 Å². The average Bonchev–Trinajstić information content (AvgIpc) is 3.30. The Balaban J connectivity index is 1.75. The predicted molar refractivity (Wildman–Crippen MR) is 107 cm³/mol. The first-order valence-electron chi connectivity index (χ1n) is 8.91. The Morgan fingerprint density at radius 2 is 2.04 bits per heavy atom. The number of hydrogen-bond donors (Lipinski definition) is 1. The van der Waals surface area contributed by atoms with Crippen molar-refractivity contribution < 1.29 is 9.59 Å². The van der Waals surface area contributed by atoms with Gasteiger partial charge in [0.25, 0.3) is 5.91 Å². The zero-order valence-electron chi connectivity index (χ0n) is 14.7. The molecule has 8 heteroatoms. The Morgan fingerprint density at radius 3 is 2.74 bits per heavy atom. The Hall–Kier alpha value is -1.63. The summed E-state index contributed by atoms with van der Waals surface area (Å²) in [5.74, 6) is -0.320. The van der Waals surface area contributed by atoms with E-state index >= 15 is 0 Å². The van der Waals surface area contributed by atoms with Gasteiger partial charge in [-0.2, -0.15) is 0 Å². The molecule has 142 valence electrons. The van der Waals surface area contributed by atoms with Crippen molar-refractivity contribution in [2.24, 2.45) is 11.7 Å². The summed E-state index contributed by atoms with van der Waals surface area (Å²) >= 11 is 13.6. The van der Waals surface area contributed by atoms with E-state index < -0.39 is 11.9 Å². The third-order valence-electron chi connectivity index (χ3n) is 5.52. The molecule has 2 heterocycles. The molecule has 1 saturated heterocycles. The van der Waals surface area contributed by atoms with Crippen molar-refractivity contribution in [1.29, 1.82) is 0 Å². The van der Waals surface area contributed by atoms with E-state index in [0.29, 0.717) is 28.1 Å². The number of carbonyl (C=O) groups is 2. The van der Waals surface area contributed by atoms with Crippen molar-refractivity contribution in [2.45, 2.75) is 44.7 Å². The zero-order valence-corrected chi connectivity index (χ0v) is 17.1. The lowest BCUT2D eigenvalue weighted by molar-refractivity contribution is -0.122. The molecule has 3 atom stereocenters. The number of fused-ring (bicyclic) bond motifs is 1. The number of amides is 2. The minimum atomic E-state index is -0.559. The van der Waals surface area contributed by atoms with Gasteiger partial charge < -0.3 is 10.6 Å². The number of likely N-dealkylation sites (tertiary alicyclic amines) is 1. The van der Waals surface area contributed by atoms with Crippen LogP contribution in [0.4, 0.5) is 0 Å². The predicted octanol–water partition coefficient (Wildman–Crippen LogP) is 4.29. The summed E-state index contributed by atoms with van der Waals surface area (Å²) in [5, 5.41) is 1.65. The number of benzene rings is 1. The Bertz CT molecular complexity index is 930. The number of aromatic nitrogens is 1. The summed E-state index contributed by atoms with van der Waals surface area (Å²) < 4.78 is 0. The van der Waals surface area contributed by atoms with E-state index in [0.717, 1.165) is 34.7 Å². The van der Waals surface area contributed by atoms with Crippen LogP contribution in [-0.4, -0.2) is 33.8 Å². The number of nitrogens with zero attached hydrogens (tertiary/aromatic N) is 2. The highest BCUT2D eigenvalue weighted by Crippen LogP contribution is 2.43. The van der Waals surface area contributed by atoms with Crippen molar-refractivity contribution >= 4 is 46.4 Å². The smallest absolute Gasteiger partial charge is 0.274 e. The lowest BCUT2D eigenvalue weighted by Gasteiger charge is -2.28. The largest absolute Gasteiger partial charge is 0.368 e. The van der Waals surface area contributed by atoms with Crippen LogP contribution in [0.1, 0.15) is 41.2 Å². The molecule has 27 heavy (non-hydrogen) atoms. The molecule has 2 N–H and O–H groups in total. The first kappa shape index (κ1) is 18.7. The molecule has 5 nitrogen and oxygen atoms in total. The van der Waals surface area contributed by atoms with Crippen LogP contribution < -0.4 is 5.73 Å². The Kier molecular flexibility index (Phi) is 4.91. The third-order valence-corrected chi connectivity index (χ3v) is 7.28. The number of carbonyl (C=O) groups excluding carboxylic acids is 2. The fourth-order valence-corrected chi connectivity index (χ4v) is 5.57. The number of aryl methyl sites for hydroxylation is 1. The summed E-state index contributed by atoms with van der Waals surface area (Å²) in [4.78, 5) is 32.4. The van der Waals surface area contributed by atoms with Gasteiger partial charge in [-0.15, -0.1) is 11.3 Å². The maximum atomic E-state index is 13.5. The van der Waals surface area contributed by atoms with Crippen LogP contribution in [0.25, 0.3) is 10.4 Å². The molecule has 1 aromatic carbocycles. The first-order chi connectivity index (χ1) is 12.9. The number of rotatable bonds is 3. The maximum absolute atomic E-state index is 13.5. The van der Waals surface area contributed by atoms with Crippen LogP contribution in [0.15, 0.2) is 18.2 Å². The summed E-state index contributed by atoms with van der Waals surface area (Å²) in [6, 6.07) is 4.78. The topological polar surface area (TPSA) is 76.3 Å². The molecule has 0 unspecified atom stereocenters. The molecule has 2 amide bonds. The van der Waals surface area contributed by atoms with Gasteiger partial charge in [0.2, 0.25) is 5.91 Å². The maximum Gasteiger partial charge on any atom is 0.274 e. The molecule has 1 aliphatic heterocycles. The van der Waals surface area contributed by atoms with E-state index in [-0.39, 0.29) is 11.9 Å². The summed E-state index contributed by atoms with van der Waals surface area (Å²) in [6.45, 7) is 1.86. The monoisotopic (exact) mass is 423 g/mol. The lowest BCUT2D eigenvalue weighted by atomic mass is 10.0. The van der Waals surface area contributed by atoms with Gasteiger partial charge in [-0.1, -0.05) is 35.7 Å². The molecule has 2 aliphatic rings. The normalized spacial score (nSPS) is 24.3. The number of nitrogens with two attached hydrogens (primary N) is 1. The van der Waals surface area contributed by atoms with E-state index in [1.807, 2.05) is 13.0 Å². The molecule has 1 saturated carbocycles. The highest BCUT2D eigenvalue weighted by molar-refractivity contribution is 7.15. The number of hydrogen-bond acceptors (Lipinski definition) is 4. The molecule has 4 rings (SSSR count). The van der Waals surface area contributed by atoms with Gasteiger partial charge in [0.15, 0.2) is 0 Å². The fraction of sp³-hybridized carbons (Fsp3) is 0.421. The van der Waals surface area contributed by atoms with Crippen LogP contribution in [0.3, 0.4) is 0 Å². The van der Waals surface area contributed by atoms with Gasteiger partial charge in [0.05, 0.1) is 19.9 Å². The minimum Gasteiger partial charge on any atom is -0.368 e. The number of halogens is 2. The van der Waals surface area contributed by atoms with Crippen molar-refractivity contribution in [3.63, 3.8) is 0 Å². The molecule has 0 spiro atoms. The minimum absolute atomic E-state index is 0.0682. The van der Waals surface area contributed by atoms with Crippen LogP contribution in [-0.2, 0) is 4.79 Å². The molecule has 0 bridgehead atoms. The van der Waals surface area contributed by atoms with Crippen molar-refractivity contribution in [1.82, 2.24) is 9.88 Å². The van der Waals surface area contributed by atoms with Crippen LogP contribution in [0, 0.1) is 12.8 Å². The van der Waals surface area contributed by atoms with E-state index in [9.17, 15) is 9.59 Å². The number of thiazole rings is 1. The highest BCUT2D eigenvalue weighted by Gasteiger charge is 2.49. The molecule has 1 aliphatic carbocycles. The third kappa shape index (κ3) is 3.24. The van der Waals surface area contributed by atoms with Gasteiger partial charge in [0, 0.05) is 6.04 Å². The molecule has 0 radical (unpaired) electrons. The van der Waals surface area contributed by atoms with Gasteiger partial charge in [-0.25, -0.2) is 4.98 Å². The second-order valence-corrected chi connectivity index (χ2v) is 9.18. The SMILES string of the molecule is Cc1nc(C(=O)N2[C@H](C(N)=O)C[C@@H]3CCC[C@@H]32)c(-c2ccc(Cl)c(Cl)c2)s1. The second-order valence-electron chi connectivity index (χ2n) is 7.16. The quantitative estimate of drug-likeness (QED) is 0.799. The molecular formula is C19H19Cl2N3O2S. The standard InChI is InChI=1S/C19H19Cl2N3O2S/c1-9-23-16(17(27-9)11-5-6-12(20)13(21)7-11)19(26)24-14-4-2-3-10(14)8-15(24)18(22)25/h5-7,10,14-15H,2-4,8H2,1H3,(H2,22,25)/t10-,14-,15-/m0/s1. The van der Waals surface area contributed by atoms with E-state index in [1.54, 1.807) is 17.0 Å². The Morgan fingerprint density at radius 1 is 1.26 bits per heavy atom. The van der Waals surface area contributed by atoms with Crippen LogP contribution >= 0.6 is 34.5 Å². The molecule has 1 aromatic heterocycles. The fourth-order valence-electron chi connectivity index (χ4n) is 4.36. The molecule has 2 fully saturated rings. The summed E-state index contributed by atoms with van der Waals surface area (Å²) in [5.41, 5.74) is 6.76. The van der Waals surface area contributed by atoms with Crippen molar-refractivity contribution in [3.05, 3.63) is 38.9 Å². The van der Waals surface area contributed by atoms with E-state index in [2.05, 4.69) is 4.98 Å². The van der Waals surface area contributed by atoms with Crippen LogP contribution in [0.2, 0.25) is 10.0 Å². The highest BCUT2D eigenvalue weighted by atomic mass is 35.5. The second kappa shape index (κ2) is 7.08. The number of primary amides is 1. The summed E-state index contributed by atoms with van der Waals surface area (Å²) in [6.07, 6.45) is 3.66. The van der Waals surface area contributed by atoms with E-state index in [4.69, 9.17) is 28.9 Å². The van der Waals surface area contributed by atoms with E-state index in [1.165, 1.54) is 11.3 Å². The van der Waals surface area contributed by atoms with Crippen molar-refractivity contribution in [3.8, 4) is 10.4 Å². The summed E-state index contributed by atoms with van der Waals surface area (Å²) in [7, 11) is 0. The Labute approximate surface area is 171 Å². The zero-order chi connectivity index (χ0) is 19.3. The van der Waals surface area contributed by atoms with Gasteiger partial charge in [0.1, 0.15) is 11.7 Å². The molecular weight excluding hydrogens is 405 g/mol. The first-order valence-corrected chi connectivity index (χ1v) is 10.5. The van der Waals surface area contributed by atoms with Gasteiger partial charge in [-0.3, -0.25) is 9.59 Å². The van der Waals surface area contributed by atoms with Gasteiger partial charge >= 0.3 is 0 Å². The average molecular weight is 424 g/mol. The lowest BCUT2D eigenvalue weighted by Crippen LogP contribution is -2.47.